The number of ether oxygens (including phenoxy) is 1. The third kappa shape index (κ3) is 3.87. The highest BCUT2D eigenvalue weighted by molar-refractivity contribution is 6.20. The molecule has 1 aliphatic heterocycles. The molecule has 0 N–H and O–H groups in total. The summed E-state index contributed by atoms with van der Waals surface area (Å²) in [5.74, 6) is 1.67. The summed E-state index contributed by atoms with van der Waals surface area (Å²) in [7, 11) is 0. The van der Waals surface area contributed by atoms with E-state index in [1.165, 1.54) is 53.4 Å². The highest BCUT2D eigenvalue weighted by atomic mass is 16.5. The van der Waals surface area contributed by atoms with Crippen molar-refractivity contribution in [3.05, 3.63) is 48.0 Å². The van der Waals surface area contributed by atoms with Crippen LogP contribution in [0.5, 0.6) is 5.75 Å². The minimum absolute atomic E-state index is 0.465. The van der Waals surface area contributed by atoms with Gasteiger partial charge in [-0.05, 0) is 38.3 Å². The summed E-state index contributed by atoms with van der Waals surface area (Å²) in [6, 6.07) is 11.6. The molecule has 2 atom stereocenters. The van der Waals surface area contributed by atoms with Crippen molar-refractivity contribution < 1.29 is 9.31 Å². The zero-order chi connectivity index (χ0) is 20.1. The van der Waals surface area contributed by atoms with Gasteiger partial charge in [0, 0.05) is 23.9 Å². The minimum atomic E-state index is 0.465. The Morgan fingerprint density at radius 2 is 1.89 bits per heavy atom. The predicted molar refractivity (Wildman–Crippen MR) is 121 cm³/mol. The Morgan fingerprint density at radius 3 is 2.57 bits per heavy atom. The van der Waals surface area contributed by atoms with Crippen LogP contribution in [0, 0.1) is 5.92 Å². The van der Waals surface area contributed by atoms with Gasteiger partial charge in [-0.1, -0.05) is 58.2 Å². The lowest BCUT2D eigenvalue weighted by Gasteiger charge is -2.17. The van der Waals surface area contributed by atoms with E-state index in [0.29, 0.717) is 12.0 Å². The molecule has 2 heteroatoms. The molecule has 0 amide bonds. The second kappa shape index (κ2) is 9.41. The molecule has 1 aliphatic rings. The molecule has 0 fully saturated rings. The molecule has 2 unspecified atom stereocenters. The number of allylic oxidation sites excluding steroid dienone is 2. The molecule has 0 bridgehead atoms. The van der Waals surface area contributed by atoms with Gasteiger partial charge in [-0.25, -0.2) is 0 Å². The minimum Gasteiger partial charge on any atom is -0.493 e. The first kappa shape index (κ1) is 20.6. The predicted octanol–water partition coefficient (Wildman–Crippen LogP) is 7.26. The zero-order valence-corrected chi connectivity index (χ0v) is 18.3. The van der Waals surface area contributed by atoms with E-state index in [2.05, 4.69) is 81.7 Å². The van der Waals surface area contributed by atoms with Crippen molar-refractivity contribution in [1.82, 2.24) is 0 Å². The van der Waals surface area contributed by atoms with Crippen LogP contribution in [0.2, 0.25) is 0 Å². The lowest BCUT2D eigenvalue weighted by Crippen LogP contribution is -2.21. The van der Waals surface area contributed by atoms with Crippen molar-refractivity contribution in [3.8, 4) is 5.75 Å². The molecule has 0 saturated carbocycles. The molecule has 1 heterocycles. The van der Waals surface area contributed by atoms with E-state index < -0.39 is 0 Å². The van der Waals surface area contributed by atoms with Crippen molar-refractivity contribution in [1.29, 1.82) is 0 Å². The Labute approximate surface area is 170 Å². The fraction of sp³-hybridized carbons (Fsp3) is 0.500. The summed E-state index contributed by atoms with van der Waals surface area (Å²) in [6.45, 7) is 12.0. The van der Waals surface area contributed by atoms with E-state index in [1.807, 2.05) is 0 Å². The third-order valence-electron chi connectivity index (χ3n) is 6.15. The second-order valence-corrected chi connectivity index (χ2v) is 8.05. The summed E-state index contributed by atoms with van der Waals surface area (Å²) in [5, 5.41) is 2.59. The number of benzene rings is 2. The maximum atomic E-state index is 6.38. The van der Waals surface area contributed by atoms with E-state index in [9.17, 15) is 0 Å². The van der Waals surface area contributed by atoms with Crippen LogP contribution in [0.3, 0.4) is 0 Å². The van der Waals surface area contributed by atoms with Crippen LogP contribution in [0.1, 0.15) is 72.3 Å². The largest absolute Gasteiger partial charge is 0.493 e. The summed E-state index contributed by atoms with van der Waals surface area (Å²) in [6.07, 6.45) is 10.5. The van der Waals surface area contributed by atoms with Crippen molar-refractivity contribution in [3.63, 3.8) is 0 Å². The first-order valence-electron chi connectivity index (χ1n) is 11.1. The first-order valence-corrected chi connectivity index (χ1v) is 11.1. The molecule has 0 spiro atoms. The Hall–Kier alpha value is -2.09. The van der Waals surface area contributed by atoms with Gasteiger partial charge in [0.25, 0.3) is 0 Å². The van der Waals surface area contributed by atoms with Gasteiger partial charge >= 0.3 is 0 Å². The summed E-state index contributed by atoms with van der Waals surface area (Å²) in [5.41, 5.74) is 3.96. The third-order valence-corrected chi connectivity index (χ3v) is 6.15. The second-order valence-electron chi connectivity index (χ2n) is 8.05. The molecule has 0 saturated heterocycles. The Morgan fingerprint density at radius 1 is 1.07 bits per heavy atom. The van der Waals surface area contributed by atoms with Crippen molar-refractivity contribution in [2.45, 2.75) is 72.8 Å². The van der Waals surface area contributed by atoms with Gasteiger partial charge in [-0.15, -0.1) is 0 Å². The van der Waals surface area contributed by atoms with Gasteiger partial charge in [-0.2, -0.15) is 4.58 Å². The SMILES string of the molecule is C/C=C/C1=[N+](C(C)CC)c2ccc(OCC(CC)CCCC)c3cccc1c23. The van der Waals surface area contributed by atoms with Gasteiger partial charge in [0.1, 0.15) is 5.75 Å². The molecule has 3 rings (SSSR count). The molecule has 2 aromatic rings. The highest BCUT2D eigenvalue weighted by Gasteiger charge is 2.34. The van der Waals surface area contributed by atoms with E-state index in [1.54, 1.807) is 0 Å². The zero-order valence-electron chi connectivity index (χ0n) is 18.3. The highest BCUT2D eigenvalue weighted by Crippen LogP contribution is 2.41. The van der Waals surface area contributed by atoms with Crippen molar-refractivity contribution in [2.75, 3.05) is 6.61 Å². The summed E-state index contributed by atoms with van der Waals surface area (Å²) < 4.78 is 8.88. The number of hydrogen-bond acceptors (Lipinski definition) is 1. The monoisotopic (exact) mass is 378 g/mol. The van der Waals surface area contributed by atoms with Gasteiger partial charge in [0.15, 0.2) is 6.04 Å². The fourth-order valence-corrected chi connectivity index (χ4v) is 4.25. The maximum absolute atomic E-state index is 6.38. The van der Waals surface area contributed by atoms with Gasteiger partial charge < -0.3 is 4.74 Å². The van der Waals surface area contributed by atoms with E-state index >= 15 is 0 Å². The molecule has 0 radical (unpaired) electrons. The van der Waals surface area contributed by atoms with E-state index in [4.69, 9.17) is 4.74 Å². The van der Waals surface area contributed by atoms with Crippen LogP contribution >= 0.6 is 0 Å². The topological polar surface area (TPSA) is 12.2 Å². The molecule has 150 valence electrons. The lowest BCUT2D eigenvalue weighted by atomic mass is 10.00. The van der Waals surface area contributed by atoms with Crippen molar-refractivity contribution in [2.24, 2.45) is 5.92 Å². The average molecular weight is 379 g/mol. The molecule has 0 aromatic heterocycles. The number of rotatable bonds is 10. The van der Waals surface area contributed by atoms with Gasteiger partial charge in [0.2, 0.25) is 11.4 Å². The van der Waals surface area contributed by atoms with E-state index in [-0.39, 0.29) is 0 Å². The lowest BCUT2D eigenvalue weighted by molar-refractivity contribution is -0.476. The number of nitrogens with zero attached hydrogens (tertiary/aromatic N) is 1. The Bertz CT molecular complexity index is 877. The maximum Gasteiger partial charge on any atom is 0.214 e. The van der Waals surface area contributed by atoms with Gasteiger partial charge in [0.05, 0.1) is 17.6 Å². The van der Waals surface area contributed by atoms with Crippen LogP contribution in [0.25, 0.3) is 10.8 Å². The molecule has 2 aromatic carbocycles. The van der Waals surface area contributed by atoms with Gasteiger partial charge in [-0.3, -0.25) is 0 Å². The van der Waals surface area contributed by atoms with E-state index in [0.717, 1.165) is 18.8 Å². The molecular formula is C26H36NO+. The van der Waals surface area contributed by atoms with Crippen LogP contribution in [-0.2, 0) is 0 Å². The average Bonchev–Trinajstić information content (AvgIpc) is 3.04. The summed E-state index contributed by atoms with van der Waals surface area (Å²) in [4.78, 5) is 0. The standard InChI is InChI=1S/C26H36NO/c1-6-10-13-20(9-4)18-28-25-17-16-24-26-21(14-11-15-22(25)26)23(12-7-2)27(24)19(5)8-3/h7,11-12,14-17,19-20H,6,8-10,13,18H2,1-5H3/q+1/b12-7+. The van der Waals surface area contributed by atoms with Crippen LogP contribution in [0.4, 0.5) is 5.69 Å². The molecule has 2 nitrogen and oxygen atoms in total. The summed E-state index contributed by atoms with van der Waals surface area (Å²) >= 11 is 0. The number of unbranched alkanes of at least 4 members (excludes halogenated alkanes) is 1. The molecule has 28 heavy (non-hydrogen) atoms. The quantitative estimate of drug-likeness (QED) is 0.396. The Kier molecular flexibility index (Phi) is 6.93. The normalized spacial score (nSPS) is 15.6. The number of hydrogen-bond donors (Lipinski definition) is 0. The van der Waals surface area contributed by atoms with Crippen LogP contribution < -0.4 is 4.74 Å². The van der Waals surface area contributed by atoms with Crippen LogP contribution in [0.15, 0.2) is 42.5 Å². The molecule has 0 aliphatic carbocycles. The van der Waals surface area contributed by atoms with Crippen molar-refractivity contribution >= 4 is 22.2 Å². The Balaban J connectivity index is 1.99. The van der Waals surface area contributed by atoms with Crippen LogP contribution in [-0.4, -0.2) is 22.9 Å². The fourth-order valence-electron chi connectivity index (χ4n) is 4.25. The molecular weight excluding hydrogens is 342 g/mol. The first-order chi connectivity index (χ1) is 13.7. The smallest absolute Gasteiger partial charge is 0.214 e.